The Morgan fingerprint density at radius 3 is 2.88 bits per heavy atom. The van der Waals surface area contributed by atoms with Gasteiger partial charge >= 0.3 is 0 Å². The first-order valence-corrected chi connectivity index (χ1v) is 5.36. The van der Waals surface area contributed by atoms with Crippen molar-refractivity contribution in [2.24, 2.45) is 5.73 Å². The van der Waals surface area contributed by atoms with E-state index in [0.717, 1.165) is 29.2 Å². The standard InChI is InChI=1S/C12H16N4/c1-2-16-6-5-15-12(16)10-7-9(8-13)3-4-11(10)14/h3-7H,2,8,13-14H2,1H3. The topological polar surface area (TPSA) is 69.9 Å². The maximum Gasteiger partial charge on any atom is 0.141 e. The van der Waals surface area contributed by atoms with Gasteiger partial charge in [0.2, 0.25) is 0 Å². The SMILES string of the molecule is CCn1ccnc1-c1cc(CN)ccc1N. The molecule has 2 rings (SSSR count). The van der Waals surface area contributed by atoms with Crippen LogP contribution in [0.5, 0.6) is 0 Å². The quantitative estimate of drug-likeness (QED) is 0.766. The lowest BCUT2D eigenvalue weighted by Gasteiger charge is -2.09. The van der Waals surface area contributed by atoms with Crippen LogP contribution in [0.2, 0.25) is 0 Å². The number of nitrogens with two attached hydrogens (primary N) is 2. The maximum absolute atomic E-state index is 5.96. The minimum atomic E-state index is 0.514. The summed E-state index contributed by atoms with van der Waals surface area (Å²) in [6.45, 7) is 3.47. The summed E-state index contributed by atoms with van der Waals surface area (Å²) in [4.78, 5) is 4.34. The summed E-state index contributed by atoms with van der Waals surface area (Å²) in [5, 5.41) is 0. The monoisotopic (exact) mass is 216 g/mol. The van der Waals surface area contributed by atoms with Crippen molar-refractivity contribution in [1.29, 1.82) is 0 Å². The third-order valence-corrected chi connectivity index (χ3v) is 2.65. The average Bonchev–Trinajstić information content (AvgIpc) is 2.77. The minimum Gasteiger partial charge on any atom is -0.398 e. The average molecular weight is 216 g/mol. The van der Waals surface area contributed by atoms with Gasteiger partial charge in [-0.1, -0.05) is 6.07 Å². The first-order chi connectivity index (χ1) is 7.76. The predicted octanol–water partition coefficient (Wildman–Crippen LogP) is 1.61. The normalized spacial score (nSPS) is 10.6. The van der Waals surface area contributed by atoms with E-state index in [2.05, 4.69) is 16.5 Å². The lowest BCUT2D eigenvalue weighted by atomic mass is 10.1. The van der Waals surface area contributed by atoms with Crippen molar-refractivity contribution in [1.82, 2.24) is 9.55 Å². The Hall–Kier alpha value is -1.81. The molecule has 4 N–H and O–H groups in total. The molecule has 16 heavy (non-hydrogen) atoms. The van der Waals surface area contributed by atoms with Crippen LogP contribution in [0.15, 0.2) is 30.6 Å². The second-order valence-corrected chi connectivity index (χ2v) is 3.66. The van der Waals surface area contributed by atoms with Crippen molar-refractivity contribution < 1.29 is 0 Å². The molecule has 0 saturated heterocycles. The molecule has 1 aromatic carbocycles. The van der Waals surface area contributed by atoms with Crippen LogP contribution in [0.1, 0.15) is 12.5 Å². The van der Waals surface area contributed by atoms with E-state index in [1.54, 1.807) is 6.20 Å². The Bertz CT molecular complexity index is 488. The Balaban J connectivity index is 2.54. The van der Waals surface area contributed by atoms with Crippen LogP contribution in [0, 0.1) is 0 Å². The summed E-state index contributed by atoms with van der Waals surface area (Å²) in [5.41, 5.74) is 14.3. The van der Waals surface area contributed by atoms with Gasteiger partial charge in [0.05, 0.1) is 0 Å². The highest BCUT2D eigenvalue weighted by atomic mass is 15.1. The number of hydrogen-bond acceptors (Lipinski definition) is 3. The lowest BCUT2D eigenvalue weighted by Crippen LogP contribution is -2.02. The number of rotatable bonds is 3. The first kappa shape index (κ1) is 10.7. The van der Waals surface area contributed by atoms with Gasteiger partial charge in [-0.25, -0.2) is 4.98 Å². The molecule has 0 unspecified atom stereocenters. The number of aryl methyl sites for hydroxylation is 1. The van der Waals surface area contributed by atoms with E-state index < -0.39 is 0 Å². The van der Waals surface area contributed by atoms with Gasteiger partial charge in [-0.05, 0) is 24.6 Å². The fourth-order valence-electron chi connectivity index (χ4n) is 1.73. The van der Waals surface area contributed by atoms with Crippen LogP contribution >= 0.6 is 0 Å². The highest BCUT2D eigenvalue weighted by molar-refractivity contribution is 5.72. The van der Waals surface area contributed by atoms with Gasteiger partial charge < -0.3 is 16.0 Å². The molecule has 1 heterocycles. The van der Waals surface area contributed by atoms with Gasteiger partial charge in [-0.15, -0.1) is 0 Å². The summed E-state index contributed by atoms with van der Waals surface area (Å²) in [7, 11) is 0. The number of aromatic nitrogens is 2. The van der Waals surface area contributed by atoms with Crippen LogP contribution in [-0.2, 0) is 13.1 Å². The lowest BCUT2D eigenvalue weighted by molar-refractivity contribution is 0.771. The number of imidazole rings is 1. The van der Waals surface area contributed by atoms with E-state index in [1.807, 2.05) is 24.4 Å². The number of nitrogens with zero attached hydrogens (tertiary/aromatic N) is 2. The molecule has 0 fully saturated rings. The highest BCUT2D eigenvalue weighted by Crippen LogP contribution is 2.25. The van der Waals surface area contributed by atoms with E-state index in [-0.39, 0.29) is 0 Å². The number of anilines is 1. The molecule has 1 aromatic heterocycles. The van der Waals surface area contributed by atoms with E-state index in [9.17, 15) is 0 Å². The second kappa shape index (κ2) is 4.37. The molecule has 0 aliphatic rings. The molecule has 84 valence electrons. The number of hydrogen-bond donors (Lipinski definition) is 2. The summed E-state index contributed by atoms with van der Waals surface area (Å²) in [6, 6.07) is 5.83. The maximum atomic E-state index is 5.96. The van der Waals surface area contributed by atoms with Crippen molar-refractivity contribution in [3.05, 3.63) is 36.2 Å². The Morgan fingerprint density at radius 2 is 2.19 bits per heavy atom. The van der Waals surface area contributed by atoms with Crippen LogP contribution in [0.25, 0.3) is 11.4 Å². The van der Waals surface area contributed by atoms with Crippen molar-refractivity contribution in [2.75, 3.05) is 5.73 Å². The summed E-state index contributed by atoms with van der Waals surface area (Å²) < 4.78 is 2.06. The van der Waals surface area contributed by atoms with E-state index in [0.29, 0.717) is 6.54 Å². The smallest absolute Gasteiger partial charge is 0.141 e. The van der Waals surface area contributed by atoms with Crippen LogP contribution in [0.4, 0.5) is 5.69 Å². The van der Waals surface area contributed by atoms with E-state index in [1.165, 1.54) is 0 Å². The largest absolute Gasteiger partial charge is 0.398 e. The zero-order valence-electron chi connectivity index (χ0n) is 9.35. The van der Waals surface area contributed by atoms with E-state index >= 15 is 0 Å². The third-order valence-electron chi connectivity index (χ3n) is 2.65. The molecule has 0 saturated carbocycles. The first-order valence-electron chi connectivity index (χ1n) is 5.36. The van der Waals surface area contributed by atoms with Gasteiger partial charge in [0.1, 0.15) is 5.82 Å². The van der Waals surface area contributed by atoms with Crippen molar-refractivity contribution in [3.8, 4) is 11.4 Å². The Morgan fingerprint density at radius 1 is 1.38 bits per heavy atom. The molecule has 4 heteroatoms. The summed E-state index contributed by atoms with van der Waals surface area (Å²) in [6.07, 6.45) is 3.73. The molecule has 0 radical (unpaired) electrons. The fraction of sp³-hybridized carbons (Fsp3) is 0.250. The summed E-state index contributed by atoms with van der Waals surface area (Å²) >= 11 is 0. The summed E-state index contributed by atoms with van der Waals surface area (Å²) in [5.74, 6) is 0.898. The zero-order valence-corrected chi connectivity index (χ0v) is 9.35. The molecule has 0 spiro atoms. The molecule has 4 nitrogen and oxygen atoms in total. The molecule has 0 amide bonds. The van der Waals surface area contributed by atoms with Gasteiger partial charge in [0, 0.05) is 36.7 Å². The van der Waals surface area contributed by atoms with Gasteiger partial charge in [-0.2, -0.15) is 0 Å². The van der Waals surface area contributed by atoms with Crippen LogP contribution in [-0.4, -0.2) is 9.55 Å². The van der Waals surface area contributed by atoms with Gasteiger partial charge in [-0.3, -0.25) is 0 Å². The Labute approximate surface area is 94.9 Å². The van der Waals surface area contributed by atoms with Gasteiger partial charge in [0.25, 0.3) is 0 Å². The van der Waals surface area contributed by atoms with Gasteiger partial charge in [0.15, 0.2) is 0 Å². The molecule has 2 aromatic rings. The third kappa shape index (κ3) is 1.79. The van der Waals surface area contributed by atoms with Crippen LogP contribution < -0.4 is 11.5 Å². The van der Waals surface area contributed by atoms with E-state index in [4.69, 9.17) is 11.5 Å². The Kier molecular flexibility index (Phi) is 2.92. The van der Waals surface area contributed by atoms with Crippen molar-refractivity contribution in [2.45, 2.75) is 20.0 Å². The molecule has 0 bridgehead atoms. The molecule has 0 aliphatic carbocycles. The molecular weight excluding hydrogens is 200 g/mol. The second-order valence-electron chi connectivity index (χ2n) is 3.66. The predicted molar refractivity (Wildman–Crippen MR) is 65.6 cm³/mol. The number of nitrogen functional groups attached to an aromatic ring is 1. The van der Waals surface area contributed by atoms with Crippen molar-refractivity contribution in [3.63, 3.8) is 0 Å². The van der Waals surface area contributed by atoms with Crippen molar-refractivity contribution >= 4 is 5.69 Å². The highest BCUT2D eigenvalue weighted by Gasteiger charge is 2.08. The number of benzene rings is 1. The van der Waals surface area contributed by atoms with Crippen LogP contribution in [0.3, 0.4) is 0 Å². The molecular formula is C12H16N4. The molecule has 0 aliphatic heterocycles. The zero-order chi connectivity index (χ0) is 11.5. The fourth-order valence-corrected chi connectivity index (χ4v) is 1.73. The minimum absolute atomic E-state index is 0.514. The molecule has 0 atom stereocenters.